The smallest absolute Gasteiger partial charge is 0.183 e. The number of hydrogen-bond acceptors (Lipinski definition) is 2. The van der Waals surface area contributed by atoms with Crippen molar-refractivity contribution >= 4 is 0 Å². The normalized spacial score (nSPS) is 18.9. The summed E-state index contributed by atoms with van der Waals surface area (Å²) in [5.74, 6) is 0.546. The van der Waals surface area contributed by atoms with Crippen molar-refractivity contribution in [2.75, 3.05) is 13.2 Å². The summed E-state index contributed by atoms with van der Waals surface area (Å²) in [6, 6.07) is 17.8. The Morgan fingerprint density at radius 2 is 1.19 bits per heavy atom. The van der Waals surface area contributed by atoms with Crippen LogP contribution < -0.4 is 0 Å². The van der Waals surface area contributed by atoms with Gasteiger partial charge in [0.2, 0.25) is 0 Å². The molecule has 1 fully saturated rings. The average molecular weight is 423 g/mol. The fourth-order valence-electron chi connectivity index (χ4n) is 4.47. The van der Waals surface area contributed by atoms with E-state index in [4.69, 9.17) is 9.47 Å². The third-order valence-electron chi connectivity index (χ3n) is 6.45. The first-order valence-electron chi connectivity index (χ1n) is 12.7. The number of hydrogen-bond donors (Lipinski definition) is 0. The summed E-state index contributed by atoms with van der Waals surface area (Å²) in [5, 5.41) is 0. The molecule has 0 aromatic heterocycles. The molecule has 0 amide bonds. The van der Waals surface area contributed by atoms with Crippen LogP contribution in [0.15, 0.2) is 48.5 Å². The van der Waals surface area contributed by atoms with Gasteiger partial charge in [0.15, 0.2) is 6.29 Å². The number of benzene rings is 2. The number of unbranched alkanes of at least 4 members (excludes halogenated alkanes) is 7. The molecule has 1 saturated heterocycles. The zero-order valence-electron chi connectivity index (χ0n) is 19.8. The summed E-state index contributed by atoms with van der Waals surface area (Å²) in [6.07, 6.45) is 14.4. The first kappa shape index (κ1) is 24.0. The van der Waals surface area contributed by atoms with Gasteiger partial charge in [0.25, 0.3) is 0 Å². The molecule has 0 unspecified atom stereocenters. The zero-order valence-corrected chi connectivity index (χ0v) is 19.8. The third kappa shape index (κ3) is 8.09. The first-order valence-corrected chi connectivity index (χ1v) is 12.7. The van der Waals surface area contributed by atoms with Crippen molar-refractivity contribution in [2.45, 2.75) is 90.8 Å². The van der Waals surface area contributed by atoms with E-state index >= 15 is 0 Å². The van der Waals surface area contributed by atoms with Crippen LogP contribution in [0.5, 0.6) is 0 Å². The molecule has 0 N–H and O–H groups in total. The van der Waals surface area contributed by atoms with Crippen LogP contribution in [0.25, 0.3) is 11.1 Å². The van der Waals surface area contributed by atoms with Crippen molar-refractivity contribution in [2.24, 2.45) is 5.92 Å². The van der Waals surface area contributed by atoms with Crippen LogP contribution in [0.2, 0.25) is 0 Å². The highest BCUT2D eigenvalue weighted by atomic mass is 16.7. The van der Waals surface area contributed by atoms with Gasteiger partial charge >= 0.3 is 0 Å². The van der Waals surface area contributed by atoms with Crippen LogP contribution in [0.4, 0.5) is 0 Å². The minimum Gasteiger partial charge on any atom is -0.348 e. The lowest BCUT2D eigenvalue weighted by atomic mass is 9.99. The van der Waals surface area contributed by atoms with E-state index < -0.39 is 0 Å². The van der Waals surface area contributed by atoms with E-state index in [0.29, 0.717) is 5.92 Å². The molecule has 1 aliphatic heterocycles. The van der Waals surface area contributed by atoms with Crippen LogP contribution in [-0.4, -0.2) is 13.2 Å². The number of ether oxygens (including phenoxy) is 2. The second-order valence-corrected chi connectivity index (χ2v) is 9.20. The quantitative estimate of drug-likeness (QED) is 0.301. The van der Waals surface area contributed by atoms with Crippen molar-refractivity contribution in [3.63, 3.8) is 0 Å². The Morgan fingerprint density at radius 1 is 0.645 bits per heavy atom. The minimum absolute atomic E-state index is 0.212. The lowest BCUT2D eigenvalue weighted by Crippen LogP contribution is -2.26. The molecular formula is C29H42O2. The third-order valence-corrected chi connectivity index (χ3v) is 6.45. The van der Waals surface area contributed by atoms with Gasteiger partial charge in [-0.25, -0.2) is 0 Å². The first-order chi connectivity index (χ1) is 15.3. The predicted molar refractivity (Wildman–Crippen MR) is 131 cm³/mol. The molecule has 0 spiro atoms. The highest BCUT2D eigenvalue weighted by Crippen LogP contribution is 2.29. The predicted octanol–water partition coefficient (Wildman–Crippen LogP) is 8.50. The molecule has 2 heteroatoms. The molecule has 3 rings (SSSR count). The molecule has 170 valence electrons. The van der Waals surface area contributed by atoms with E-state index in [-0.39, 0.29) is 6.29 Å². The highest BCUT2D eigenvalue weighted by molar-refractivity contribution is 5.64. The van der Waals surface area contributed by atoms with Gasteiger partial charge < -0.3 is 9.47 Å². The maximum Gasteiger partial charge on any atom is 0.183 e. The Morgan fingerprint density at radius 3 is 1.77 bits per heavy atom. The maximum absolute atomic E-state index is 5.95. The maximum atomic E-state index is 5.95. The van der Waals surface area contributed by atoms with Gasteiger partial charge in [-0.15, -0.1) is 0 Å². The topological polar surface area (TPSA) is 18.5 Å². The standard InChI is InChI=1S/C29H42O2/c1-3-5-6-7-8-9-10-11-13-24-14-16-26(17-15-24)27-18-20-28(21-19-27)29-30-22-25(12-4-2)23-31-29/h14-21,25,29H,3-13,22-23H2,1-2H3. The van der Waals surface area contributed by atoms with Crippen molar-refractivity contribution in [3.8, 4) is 11.1 Å². The molecule has 31 heavy (non-hydrogen) atoms. The molecule has 1 aliphatic rings. The Kier molecular flexibility index (Phi) is 10.6. The van der Waals surface area contributed by atoms with E-state index in [0.717, 1.165) is 18.8 Å². The van der Waals surface area contributed by atoms with Gasteiger partial charge in [-0.3, -0.25) is 0 Å². The number of aryl methyl sites for hydroxylation is 1. The Labute approximate surface area is 190 Å². The second kappa shape index (κ2) is 13.7. The molecule has 0 saturated carbocycles. The Balaban J connectivity index is 1.40. The van der Waals surface area contributed by atoms with Gasteiger partial charge in [0.1, 0.15) is 0 Å². The van der Waals surface area contributed by atoms with Crippen LogP contribution >= 0.6 is 0 Å². The van der Waals surface area contributed by atoms with Crippen LogP contribution in [0.3, 0.4) is 0 Å². The van der Waals surface area contributed by atoms with Crippen molar-refractivity contribution in [1.29, 1.82) is 0 Å². The van der Waals surface area contributed by atoms with Gasteiger partial charge in [-0.2, -0.15) is 0 Å². The molecule has 2 aromatic rings. The summed E-state index contributed by atoms with van der Waals surface area (Å²) in [6.45, 7) is 6.11. The molecular weight excluding hydrogens is 380 g/mol. The van der Waals surface area contributed by atoms with E-state index in [2.05, 4.69) is 62.4 Å². The van der Waals surface area contributed by atoms with Crippen molar-refractivity contribution < 1.29 is 9.47 Å². The van der Waals surface area contributed by atoms with Crippen LogP contribution in [-0.2, 0) is 15.9 Å². The molecule has 1 heterocycles. The van der Waals surface area contributed by atoms with Gasteiger partial charge in [0.05, 0.1) is 13.2 Å². The monoisotopic (exact) mass is 422 g/mol. The largest absolute Gasteiger partial charge is 0.348 e. The average Bonchev–Trinajstić information content (AvgIpc) is 2.82. The lowest BCUT2D eigenvalue weighted by molar-refractivity contribution is -0.206. The Bertz CT molecular complexity index is 711. The molecule has 0 bridgehead atoms. The minimum atomic E-state index is -0.212. The van der Waals surface area contributed by atoms with Gasteiger partial charge in [-0.1, -0.05) is 114 Å². The summed E-state index contributed by atoms with van der Waals surface area (Å²) in [7, 11) is 0. The van der Waals surface area contributed by atoms with Gasteiger partial charge in [0, 0.05) is 11.5 Å². The molecule has 0 radical (unpaired) electrons. The summed E-state index contributed by atoms with van der Waals surface area (Å²) < 4.78 is 11.9. The molecule has 2 nitrogen and oxygen atoms in total. The lowest BCUT2D eigenvalue weighted by Gasteiger charge is -2.29. The summed E-state index contributed by atoms with van der Waals surface area (Å²) >= 11 is 0. The summed E-state index contributed by atoms with van der Waals surface area (Å²) in [5.41, 5.74) is 5.10. The van der Waals surface area contributed by atoms with Crippen LogP contribution in [0, 0.1) is 5.92 Å². The fourth-order valence-corrected chi connectivity index (χ4v) is 4.47. The van der Waals surface area contributed by atoms with E-state index in [1.165, 1.54) is 87.3 Å². The van der Waals surface area contributed by atoms with Crippen molar-refractivity contribution in [3.05, 3.63) is 59.7 Å². The molecule has 0 aliphatic carbocycles. The zero-order chi connectivity index (χ0) is 21.7. The molecule has 2 aromatic carbocycles. The second-order valence-electron chi connectivity index (χ2n) is 9.20. The molecule has 0 atom stereocenters. The summed E-state index contributed by atoms with van der Waals surface area (Å²) in [4.78, 5) is 0. The highest BCUT2D eigenvalue weighted by Gasteiger charge is 2.22. The SMILES string of the molecule is CCCCCCCCCCc1ccc(-c2ccc(C3OCC(CCC)CO3)cc2)cc1. The fraction of sp³-hybridized carbons (Fsp3) is 0.586. The van der Waals surface area contributed by atoms with E-state index in [9.17, 15) is 0 Å². The van der Waals surface area contributed by atoms with E-state index in [1.807, 2.05) is 0 Å². The van der Waals surface area contributed by atoms with E-state index in [1.54, 1.807) is 0 Å². The Hall–Kier alpha value is -1.64. The van der Waals surface area contributed by atoms with Gasteiger partial charge in [-0.05, 0) is 36.0 Å². The van der Waals surface area contributed by atoms with Crippen LogP contribution in [0.1, 0.15) is 95.5 Å². The number of rotatable bonds is 13. The van der Waals surface area contributed by atoms with Crippen molar-refractivity contribution in [1.82, 2.24) is 0 Å².